The molecule has 0 spiro atoms. The van der Waals surface area contributed by atoms with E-state index in [4.69, 9.17) is 4.74 Å². The van der Waals surface area contributed by atoms with Gasteiger partial charge in [0.15, 0.2) is 5.13 Å². The van der Waals surface area contributed by atoms with Crippen LogP contribution in [0.5, 0.6) is 5.75 Å². The van der Waals surface area contributed by atoms with Crippen LogP contribution in [-0.2, 0) is 25.0 Å². The molecule has 2 aromatic carbocycles. The van der Waals surface area contributed by atoms with Crippen molar-refractivity contribution in [1.82, 2.24) is 20.0 Å². The van der Waals surface area contributed by atoms with Crippen LogP contribution in [0.15, 0.2) is 66.3 Å². The normalized spacial score (nSPS) is 11.4. The van der Waals surface area contributed by atoms with Gasteiger partial charge >= 0.3 is 0 Å². The molecule has 7 nitrogen and oxygen atoms in total. The number of unbranched alkanes of at least 4 members (excludes halogenated alkanes) is 1. The van der Waals surface area contributed by atoms with Gasteiger partial charge in [-0.3, -0.25) is 14.8 Å². The van der Waals surface area contributed by atoms with E-state index < -0.39 is 0 Å². The van der Waals surface area contributed by atoms with Gasteiger partial charge in [-0.05, 0) is 60.1 Å². The van der Waals surface area contributed by atoms with Crippen LogP contribution in [0.1, 0.15) is 60.8 Å². The quantitative estimate of drug-likeness (QED) is 0.281. The number of aromatic nitrogens is 4. The van der Waals surface area contributed by atoms with Gasteiger partial charge < -0.3 is 4.74 Å². The molecule has 8 heteroatoms. The van der Waals surface area contributed by atoms with Crippen molar-refractivity contribution >= 4 is 22.4 Å². The molecule has 4 rings (SSSR count). The summed E-state index contributed by atoms with van der Waals surface area (Å²) < 4.78 is 7.74. The maximum absolute atomic E-state index is 12.6. The van der Waals surface area contributed by atoms with Crippen LogP contribution in [-0.4, -0.2) is 25.9 Å². The second-order valence-electron chi connectivity index (χ2n) is 9.48. The molecule has 1 N–H and O–H groups in total. The summed E-state index contributed by atoms with van der Waals surface area (Å²) in [5.74, 6) is 0.637. The molecule has 0 radical (unpaired) electrons. The van der Waals surface area contributed by atoms with Crippen LogP contribution in [0.25, 0.3) is 0 Å². The number of carbonyl (C=O) groups is 1. The zero-order valence-electron chi connectivity index (χ0n) is 20.4. The fraction of sp³-hybridized carbons (Fsp3) is 0.333. The topological polar surface area (TPSA) is 81.9 Å². The molecule has 1 amide bonds. The minimum atomic E-state index is -0.163. The average Bonchev–Trinajstić information content (AvgIpc) is 3.53. The molecular weight excluding hydrogens is 458 g/mol. The smallest absolute Gasteiger partial charge is 0.257 e. The van der Waals surface area contributed by atoms with Gasteiger partial charge in [0.2, 0.25) is 0 Å². The first kappa shape index (κ1) is 24.6. The van der Waals surface area contributed by atoms with E-state index in [1.807, 2.05) is 52.7 Å². The first-order valence-electron chi connectivity index (χ1n) is 11.8. The van der Waals surface area contributed by atoms with Crippen LogP contribution in [0.3, 0.4) is 0 Å². The summed E-state index contributed by atoms with van der Waals surface area (Å²) in [5, 5.41) is 13.2. The number of benzene rings is 2. The minimum absolute atomic E-state index is 0.0542. The van der Waals surface area contributed by atoms with E-state index >= 15 is 0 Å². The van der Waals surface area contributed by atoms with Crippen molar-refractivity contribution in [3.05, 3.63) is 88.7 Å². The van der Waals surface area contributed by atoms with E-state index in [2.05, 4.69) is 53.5 Å². The van der Waals surface area contributed by atoms with Crippen LogP contribution in [0, 0.1) is 0 Å². The fourth-order valence-corrected chi connectivity index (χ4v) is 4.28. The second-order valence-corrected chi connectivity index (χ2v) is 10.3. The Hall–Kier alpha value is -3.52. The van der Waals surface area contributed by atoms with E-state index in [1.165, 1.54) is 22.5 Å². The lowest BCUT2D eigenvalue weighted by atomic mass is 9.87. The number of amides is 1. The number of rotatable bonds is 10. The van der Waals surface area contributed by atoms with Crippen molar-refractivity contribution in [3.8, 4) is 5.75 Å². The molecule has 4 aromatic rings. The molecule has 0 aliphatic carbocycles. The molecule has 0 bridgehead atoms. The molecule has 35 heavy (non-hydrogen) atoms. The second kappa shape index (κ2) is 11.3. The molecule has 0 saturated heterocycles. The van der Waals surface area contributed by atoms with Crippen molar-refractivity contribution < 1.29 is 9.53 Å². The maximum atomic E-state index is 12.6. The Kier molecular flexibility index (Phi) is 7.92. The van der Waals surface area contributed by atoms with Gasteiger partial charge in [-0.15, -0.1) is 16.4 Å². The van der Waals surface area contributed by atoms with Gasteiger partial charge in [0, 0.05) is 23.7 Å². The van der Waals surface area contributed by atoms with E-state index in [1.54, 1.807) is 6.20 Å². The summed E-state index contributed by atoms with van der Waals surface area (Å²) >= 11 is 1.39. The first-order chi connectivity index (χ1) is 16.9. The summed E-state index contributed by atoms with van der Waals surface area (Å²) in [6.45, 7) is 7.70. The number of nitrogens with zero attached hydrogens (tertiary/aromatic N) is 4. The zero-order valence-corrected chi connectivity index (χ0v) is 21.2. The third-order valence-corrected chi connectivity index (χ3v) is 6.48. The maximum Gasteiger partial charge on any atom is 0.257 e. The first-order valence-corrected chi connectivity index (χ1v) is 12.7. The summed E-state index contributed by atoms with van der Waals surface area (Å²) in [7, 11) is 0. The highest BCUT2D eigenvalue weighted by Gasteiger charge is 2.15. The van der Waals surface area contributed by atoms with E-state index in [0.717, 1.165) is 37.3 Å². The van der Waals surface area contributed by atoms with E-state index in [-0.39, 0.29) is 11.3 Å². The van der Waals surface area contributed by atoms with Crippen LogP contribution < -0.4 is 10.1 Å². The standard InChI is InChI=1S/C27H31N5O2S/c1-27(2,3)22-11-9-21(10-12-22)25(33)30-26-29-23(19-35-26)18-34-24-13-7-20(8-14-24)6-4-5-16-32-17-15-28-31-32/h7-15,17,19H,4-6,16,18H2,1-3H3,(H,29,30,33). The number of hydrogen-bond acceptors (Lipinski definition) is 6. The third-order valence-electron chi connectivity index (χ3n) is 5.67. The van der Waals surface area contributed by atoms with Gasteiger partial charge in [0.25, 0.3) is 5.91 Å². The molecule has 0 atom stereocenters. The highest BCUT2D eigenvalue weighted by Crippen LogP contribution is 2.23. The summed E-state index contributed by atoms with van der Waals surface area (Å²) in [6, 6.07) is 15.9. The highest BCUT2D eigenvalue weighted by atomic mass is 32.1. The van der Waals surface area contributed by atoms with Crippen LogP contribution >= 0.6 is 11.3 Å². The average molecular weight is 490 g/mol. The van der Waals surface area contributed by atoms with E-state index in [0.29, 0.717) is 17.3 Å². The predicted molar refractivity (Wildman–Crippen MR) is 139 cm³/mol. The number of ether oxygens (including phenoxy) is 1. The molecule has 0 saturated carbocycles. The Bertz CT molecular complexity index is 1210. The number of aryl methyl sites for hydroxylation is 2. The Morgan fingerprint density at radius 2 is 1.83 bits per heavy atom. The van der Waals surface area contributed by atoms with Gasteiger partial charge in [-0.25, -0.2) is 4.98 Å². The summed E-state index contributed by atoms with van der Waals surface area (Å²) in [6.07, 6.45) is 6.76. The van der Waals surface area contributed by atoms with Gasteiger partial charge in [0.05, 0.1) is 11.9 Å². The minimum Gasteiger partial charge on any atom is -0.487 e. The largest absolute Gasteiger partial charge is 0.487 e. The molecule has 0 aliphatic heterocycles. The number of anilines is 1. The monoisotopic (exact) mass is 489 g/mol. The lowest BCUT2D eigenvalue weighted by Crippen LogP contribution is -2.14. The lowest BCUT2D eigenvalue weighted by molar-refractivity contribution is 0.102. The lowest BCUT2D eigenvalue weighted by Gasteiger charge is -2.18. The summed E-state index contributed by atoms with van der Waals surface area (Å²) in [5.41, 5.74) is 3.93. The Labute approximate surface area is 210 Å². The van der Waals surface area contributed by atoms with Gasteiger partial charge in [-0.2, -0.15) is 0 Å². The zero-order chi connectivity index (χ0) is 24.7. The SMILES string of the molecule is CC(C)(C)c1ccc(C(=O)Nc2nc(COc3ccc(CCCCn4ccnn4)cc3)cs2)cc1. The Balaban J connectivity index is 1.21. The fourth-order valence-electron chi connectivity index (χ4n) is 3.59. The van der Waals surface area contributed by atoms with Crippen molar-refractivity contribution in [3.63, 3.8) is 0 Å². The number of nitrogens with one attached hydrogen (secondary N) is 1. The molecule has 0 fully saturated rings. The molecule has 2 heterocycles. The third kappa shape index (κ3) is 7.23. The van der Waals surface area contributed by atoms with Crippen molar-refractivity contribution in [2.75, 3.05) is 5.32 Å². The predicted octanol–water partition coefficient (Wildman–Crippen LogP) is 5.89. The number of hydrogen-bond donors (Lipinski definition) is 1. The Morgan fingerprint density at radius 3 is 2.51 bits per heavy atom. The molecule has 0 aliphatic rings. The molecule has 0 unspecified atom stereocenters. The Morgan fingerprint density at radius 1 is 1.06 bits per heavy atom. The van der Waals surface area contributed by atoms with Crippen molar-refractivity contribution in [1.29, 1.82) is 0 Å². The molecule has 182 valence electrons. The van der Waals surface area contributed by atoms with Crippen molar-refractivity contribution in [2.45, 2.75) is 58.6 Å². The van der Waals surface area contributed by atoms with Gasteiger partial charge in [0.1, 0.15) is 12.4 Å². The highest BCUT2D eigenvalue weighted by molar-refractivity contribution is 7.13. The molecule has 2 aromatic heterocycles. The molecular formula is C27H31N5O2S. The number of thiazole rings is 1. The summed E-state index contributed by atoms with van der Waals surface area (Å²) in [4.78, 5) is 17.1. The van der Waals surface area contributed by atoms with Crippen molar-refractivity contribution in [2.24, 2.45) is 0 Å². The van der Waals surface area contributed by atoms with Crippen LogP contribution in [0.4, 0.5) is 5.13 Å². The number of carbonyl (C=O) groups excluding carboxylic acids is 1. The van der Waals surface area contributed by atoms with Crippen LogP contribution in [0.2, 0.25) is 0 Å². The van der Waals surface area contributed by atoms with Gasteiger partial charge in [-0.1, -0.05) is 50.3 Å². The van der Waals surface area contributed by atoms with E-state index in [9.17, 15) is 4.79 Å².